The number of ether oxygens (including phenoxy) is 1. The number of aliphatic hydroxyl groups is 1. The van der Waals surface area contributed by atoms with Crippen LogP contribution in [0.5, 0.6) is 5.75 Å². The van der Waals surface area contributed by atoms with E-state index >= 15 is 0 Å². The van der Waals surface area contributed by atoms with Gasteiger partial charge in [-0.05, 0) is 24.3 Å². The van der Waals surface area contributed by atoms with Gasteiger partial charge in [0.15, 0.2) is 9.84 Å². The number of hydrogen-bond acceptors (Lipinski definition) is 4. The lowest BCUT2D eigenvalue weighted by Crippen LogP contribution is -2.37. The highest BCUT2D eigenvalue weighted by atomic mass is 32.2. The summed E-state index contributed by atoms with van der Waals surface area (Å²) in [4.78, 5) is 0.286. The van der Waals surface area contributed by atoms with E-state index in [0.29, 0.717) is 18.6 Å². The molecule has 0 aromatic heterocycles. The van der Waals surface area contributed by atoms with Gasteiger partial charge in [-0.1, -0.05) is 0 Å². The van der Waals surface area contributed by atoms with Crippen molar-refractivity contribution in [3.63, 3.8) is 0 Å². The fourth-order valence-electron chi connectivity index (χ4n) is 1.59. The number of aliphatic hydroxyl groups excluding tert-OH is 1. The van der Waals surface area contributed by atoms with Gasteiger partial charge >= 0.3 is 0 Å². The standard InChI is InChI=1S/C11H14O4S/c1-16(13,14)11-4-2-9(3-5-11)15-10-6-8(12)7-10/h2-5,8,10,12H,6-7H2,1H3. The molecule has 1 aromatic rings. The Hall–Kier alpha value is -1.07. The SMILES string of the molecule is CS(=O)(=O)c1ccc(OC2CC(O)C2)cc1. The van der Waals surface area contributed by atoms with E-state index in [-0.39, 0.29) is 17.1 Å². The van der Waals surface area contributed by atoms with E-state index in [1.807, 2.05) is 0 Å². The van der Waals surface area contributed by atoms with Gasteiger partial charge in [-0.2, -0.15) is 0 Å². The second-order valence-electron chi connectivity index (χ2n) is 4.11. The van der Waals surface area contributed by atoms with Crippen molar-refractivity contribution >= 4 is 9.84 Å². The van der Waals surface area contributed by atoms with Gasteiger partial charge in [0, 0.05) is 19.1 Å². The molecule has 4 nitrogen and oxygen atoms in total. The Bertz CT molecular complexity index is 457. The summed E-state index contributed by atoms with van der Waals surface area (Å²) in [6, 6.07) is 6.34. The van der Waals surface area contributed by atoms with Gasteiger partial charge in [-0.3, -0.25) is 0 Å². The Labute approximate surface area is 94.8 Å². The summed E-state index contributed by atoms with van der Waals surface area (Å²) < 4.78 is 27.9. The second kappa shape index (κ2) is 4.07. The van der Waals surface area contributed by atoms with Crippen LogP contribution in [-0.4, -0.2) is 32.0 Å². The molecule has 1 aliphatic carbocycles. The molecule has 1 saturated carbocycles. The third kappa shape index (κ3) is 2.54. The highest BCUT2D eigenvalue weighted by Crippen LogP contribution is 2.26. The summed E-state index contributed by atoms with van der Waals surface area (Å²) in [6.45, 7) is 0. The minimum atomic E-state index is -3.14. The molecule has 16 heavy (non-hydrogen) atoms. The molecule has 88 valence electrons. The van der Waals surface area contributed by atoms with Crippen LogP contribution in [0.1, 0.15) is 12.8 Å². The normalized spacial score (nSPS) is 24.9. The van der Waals surface area contributed by atoms with E-state index in [9.17, 15) is 8.42 Å². The van der Waals surface area contributed by atoms with Crippen molar-refractivity contribution < 1.29 is 18.3 Å². The first kappa shape index (κ1) is 11.4. The van der Waals surface area contributed by atoms with Crippen molar-refractivity contribution in [1.29, 1.82) is 0 Å². The van der Waals surface area contributed by atoms with E-state index in [1.165, 1.54) is 18.4 Å². The van der Waals surface area contributed by atoms with Crippen LogP contribution >= 0.6 is 0 Å². The molecular weight excluding hydrogens is 228 g/mol. The third-order valence-corrected chi connectivity index (χ3v) is 3.75. The van der Waals surface area contributed by atoms with Crippen LogP contribution in [0.4, 0.5) is 0 Å². The van der Waals surface area contributed by atoms with Crippen LogP contribution in [0.25, 0.3) is 0 Å². The molecule has 2 rings (SSSR count). The third-order valence-electron chi connectivity index (χ3n) is 2.62. The van der Waals surface area contributed by atoms with Gasteiger partial charge in [0.05, 0.1) is 11.0 Å². The molecule has 1 aliphatic rings. The van der Waals surface area contributed by atoms with E-state index < -0.39 is 9.84 Å². The molecule has 0 saturated heterocycles. The lowest BCUT2D eigenvalue weighted by Gasteiger charge is -2.31. The molecule has 0 atom stereocenters. The van der Waals surface area contributed by atoms with Crippen LogP contribution in [-0.2, 0) is 9.84 Å². The van der Waals surface area contributed by atoms with E-state index in [0.717, 1.165) is 0 Å². The van der Waals surface area contributed by atoms with Crippen LogP contribution in [0.2, 0.25) is 0 Å². The second-order valence-corrected chi connectivity index (χ2v) is 6.12. The molecule has 0 spiro atoms. The van der Waals surface area contributed by atoms with Crippen molar-refractivity contribution in [3.05, 3.63) is 24.3 Å². The lowest BCUT2D eigenvalue weighted by molar-refractivity contribution is -0.0107. The molecule has 0 unspecified atom stereocenters. The predicted molar refractivity (Wildman–Crippen MR) is 59.2 cm³/mol. The number of rotatable bonds is 3. The fourth-order valence-corrected chi connectivity index (χ4v) is 2.22. The minimum Gasteiger partial charge on any atom is -0.490 e. The van der Waals surface area contributed by atoms with Crippen molar-refractivity contribution in [2.45, 2.75) is 29.9 Å². The molecule has 0 bridgehead atoms. The van der Waals surface area contributed by atoms with Gasteiger partial charge in [-0.25, -0.2) is 8.42 Å². The largest absolute Gasteiger partial charge is 0.490 e. The average molecular weight is 242 g/mol. The topological polar surface area (TPSA) is 63.6 Å². The zero-order valence-electron chi connectivity index (χ0n) is 8.96. The van der Waals surface area contributed by atoms with E-state index in [1.54, 1.807) is 12.1 Å². The maximum Gasteiger partial charge on any atom is 0.175 e. The van der Waals surface area contributed by atoms with Crippen LogP contribution in [0, 0.1) is 0 Å². The molecule has 1 fully saturated rings. The summed E-state index contributed by atoms with van der Waals surface area (Å²) in [7, 11) is -3.14. The van der Waals surface area contributed by atoms with Crippen LogP contribution in [0.3, 0.4) is 0 Å². The first-order chi connectivity index (χ1) is 7.45. The first-order valence-corrected chi connectivity index (χ1v) is 6.99. The Morgan fingerprint density at radius 1 is 1.25 bits per heavy atom. The fraction of sp³-hybridized carbons (Fsp3) is 0.455. The summed E-state index contributed by atoms with van der Waals surface area (Å²) in [6.07, 6.45) is 2.27. The molecule has 0 amide bonds. The number of hydrogen-bond donors (Lipinski definition) is 1. The van der Waals surface area contributed by atoms with E-state index in [2.05, 4.69) is 0 Å². The molecule has 0 heterocycles. The smallest absolute Gasteiger partial charge is 0.175 e. The van der Waals surface area contributed by atoms with Gasteiger partial charge < -0.3 is 9.84 Å². The van der Waals surface area contributed by atoms with Gasteiger partial charge in [0.2, 0.25) is 0 Å². The highest BCUT2D eigenvalue weighted by Gasteiger charge is 2.28. The minimum absolute atomic E-state index is 0.0547. The van der Waals surface area contributed by atoms with Crippen molar-refractivity contribution in [1.82, 2.24) is 0 Å². The highest BCUT2D eigenvalue weighted by molar-refractivity contribution is 7.90. The van der Waals surface area contributed by atoms with Gasteiger partial charge in [-0.15, -0.1) is 0 Å². The summed E-state index contributed by atoms with van der Waals surface area (Å²) in [5, 5.41) is 9.09. The molecule has 0 aliphatic heterocycles. The van der Waals surface area contributed by atoms with Crippen molar-refractivity contribution in [2.24, 2.45) is 0 Å². The number of sulfone groups is 1. The molecular formula is C11H14O4S. The zero-order chi connectivity index (χ0) is 11.8. The Morgan fingerprint density at radius 2 is 1.81 bits per heavy atom. The van der Waals surface area contributed by atoms with Crippen molar-refractivity contribution in [2.75, 3.05) is 6.26 Å². The maximum absolute atomic E-state index is 11.2. The molecule has 0 radical (unpaired) electrons. The van der Waals surface area contributed by atoms with Gasteiger partial charge in [0.1, 0.15) is 11.9 Å². The molecule has 1 N–H and O–H groups in total. The van der Waals surface area contributed by atoms with Crippen molar-refractivity contribution in [3.8, 4) is 5.75 Å². The molecule has 1 aromatic carbocycles. The summed E-state index contributed by atoms with van der Waals surface area (Å²) in [5.74, 6) is 0.643. The Balaban J connectivity index is 2.03. The Kier molecular flexibility index (Phi) is 2.90. The summed E-state index contributed by atoms with van der Waals surface area (Å²) in [5.41, 5.74) is 0. The Morgan fingerprint density at radius 3 is 2.25 bits per heavy atom. The lowest BCUT2D eigenvalue weighted by atomic mass is 9.92. The maximum atomic E-state index is 11.2. The summed E-state index contributed by atoms with van der Waals surface area (Å²) >= 11 is 0. The molecule has 5 heteroatoms. The first-order valence-electron chi connectivity index (χ1n) is 5.10. The number of benzene rings is 1. The van der Waals surface area contributed by atoms with Crippen LogP contribution < -0.4 is 4.74 Å². The average Bonchev–Trinajstić information content (AvgIpc) is 2.15. The van der Waals surface area contributed by atoms with Crippen LogP contribution in [0.15, 0.2) is 29.2 Å². The monoisotopic (exact) mass is 242 g/mol. The predicted octanol–water partition coefficient (Wildman–Crippen LogP) is 0.992. The van der Waals surface area contributed by atoms with E-state index in [4.69, 9.17) is 9.84 Å². The van der Waals surface area contributed by atoms with Gasteiger partial charge in [0.25, 0.3) is 0 Å². The zero-order valence-corrected chi connectivity index (χ0v) is 9.78. The quantitative estimate of drug-likeness (QED) is 0.858.